The summed E-state index contributed by atoms with van der Waals surface area (Å²) in [7, 11) is 0. The van der Waals surface area contributed by atoms with Crippen molar-refractivity contribution in [3.63, 3.8) is 0 Å². The molecule has 0 amide bonds. The Morgan fingerprint density at radius 1 is 0.833 bits per heavy atom. The maximum absolute atomic E-state index is 10.6. The zero-order chi connectivity index (χ0) is 21.9. The zero-order valence-corrected chi connectivity index (χ0v) is 20.8. The van der Waals surface area contributed by atoms with E-state index >= 15 is 0 Å². The highest BCUT2D eigenvalue weighted by atomic mass is 16.3. The van der Waals surface area contributed by atoms with Crippen molar-refractivity contribution in [2.75, 3.05) is 6.61 Å². The van der Waals surface area contributed by atoms with Gasteiger partial charge in [0.25, 0.3) is 0 Å². The van der Waals surface area contributed by atoms with Gasteiger partial charge in [-0.15, -0.1) is 0 Å². The zero-order valence-electron chi connectivity index (χ0n) is 20.8. The van der Waals surface area contributed by atoms with Crippen LogP contribution in [0.3, 0.4) is 0 Å². The van der Waals surface area contributed by atoms with Crippen LogP contribution in [0.2, 0.25) is 0 Å². The lowest BCUT2D eigenvalue weighted by molar-refractivity contribution is -0.237. The average Bonchev–Trinajstić information content (AvgIpc) is 2.72. The summed E-state index contributed by atoms with van der Waals surface area (Å²) in [5.41, 5.74) is 1.32. The standard InChI is InChI=1S/C28H50O2/c1-7-8-9-21-22-10-11-24-26(4)14-13-23(30)19(2)20(26)12-15-28(24,6)27(22,5)17-16-25(21,3)18-29/h19-24,29-30H,7-18H2,1-6H3/t19?,20?,21?,22?,23?,24?,25?,26?,27-,28?/m1/s1. The molecule has 174 valence electrons. The van der Waals surface area contributed by atoms with E-state index in [0.29, 0.717) is 40.6 Å². The normalized spacial score (nSPS) is 56.0. The van der Waals surface area contributed by atoms with E-state index in [9.17, 15) is 10.2 Å². The monoisotopic (exact) mass is 418 g/mol. The molecule has 0 bridgehead atoms. The van der Waals surface area contributed by atoms with Crippen LogP contribution < -0.4 is 0 Å². The third-order valence-electron chi connectivity index (χ3n) is 12.3. The third-order valence-corrected chi connectivity index (χ3v) is 12.3. The Morgan fingerprint density at radius 3 is 2.23 bits per heavy atom. The van der Waals surface area contributed by atoms with Gasteiger partial charge in [0.15, 0.2) is 0 Å². The fourth-order valence-electron chi connectivity index (χ4n) is 10.1. The van der Waals surface area contributed by atoms with Crippen molar-refractivity contribution in [2.45, 2.75) is 118 Å². The number of rotatable bonds is 4. The lowest BCUT2D eigenvalue weighted by Gasteiger charge is -2.72. The Labute approximate surface area is 186 Å². The molecule has 0 spiro atoms. The Kier molecular flexibility index (Phi) is 5.97. The fraction of sp³-hybridized carbons (Fsp3) is 1.00. The largest absolute Gasteiger partial charge is 0.396 e. The van der Waals surface area contributed by atoms with Crippen molar-refractivity contribution in [1.29, 1.82) is 0 Å². The van der Waals surface area contributed by atoms with E-state index in [0.717, 1.165) is 18.3 Å². The van der Waals surface area contributed by atoms with Crippen LogP contribution >= 0.6 is 0 Å². The summed E-state index contributed by atoms with van der Waals surface area (Å²) in [5, 5.41) is 21.0. The van der Waals surface area contributed by atoms with Gasteiger partial charge in [0, 0.05) is 6.61 Å². The van der Waals surface area contributed by atoms with Gasteiger partial charge in [0.2, 0.25) is 0 Å². The van der Waals surface area contributed by atoms with Crippen LogP contribution in [0.15, 0.2) is 0 Å². The molecule has 4 rings (SSSR count). The molecule has 4 saturated carbocycles. The number of aliphatic hydroxyl groups excluding tert-OH is 2. The Hall–Kier alpha value is -0.0800. The van der Waals surface area contributed by atoms with Crippen LogP contribution in [0, 0.1) is 51.2 Å². The van der Waals surface area contributed by atoms with Crippen molar-refractivity contribution in [2.24, 2.45) is 51.2 Å². The smallest absolute Gasteiger partial charge is 0.0568 e. The molecule has 4 fully saturated rings. The van der Waals surface area contributed by atoms with Crippen LogP contribution in [0.5, 0.6) is 0 Å². The van der Waals surface area contributed by atoms with Crippen molar-refractivity contribution in [3.8, 4) is 0 Å². The molecule has 2 nitrogen and oxygen atoms in total. The highest BCUT2D eigenvalue weighted by molar-refractivity contribution is 5.16. The van der Waals surface area contributed by atoms with Crippen LogP contribution in [0.1, 0.15) is 112 Å². The second kappa shape index (κ2) is 7.75. The van der Waals surface area contributed by atoms with E-state index in [-0.39, 0.29) is 11.5 Å². The minimum atomic E-state index is -0.0854. The molecule has 4 aliphatic carbocycles. The minimum Gasteiger partial charge on any atom is -0.396 e. The molecule has 9 unspecified atom stereocenters. The predicted octanol–water partition coefficient (Wildman–Crippen LogP) is 6.83. The molecule has 0 aromatic rings. The number of hydrogen-bond acceptors (Lipinski definition) is 2. The molecule has 0 heterocycles. The second-order valence-electron chi connectivity index (χ2n) is 13.2. The van der Waals surface area contributed by atoms with Gasteiger partial charge in [-0.3, -0.25) is 0 Å². The van der Waals surface area contributed by atoms with Gasteiger partial charge < -0.3 is 10.2 Å². The summed E-state index contributed by atoms with van der Waals surface area (Å²) >= 11 is 0. The number of aliphatic hydroxyl groups is 2. The van der Waals surface area contributed by atoms with E-state index in [1.807, 2.05) is 0 Å². The molecular weight excluding hydrogens is 368 g/mol. The van der Waals surface area contributed by atoms with Crippen LogP contribution in [0.4, 0.5) is 0 Å². The topological polar surface area (TPSA) is 40.5 Å². The lowest BCUT2D eigenvalue weighted by Crippen LogP contribution is -2.65. The van der Waals surface area contributed by atoms with E-state index in [1.165, 1.54) is 64.2 Å². The summed E-state index contributed by atoms with van der Waals surface area (Å²) in [6.45, 7) is 15.4. The van der Waals surface area contributed by atoms with Gasteiger partial charge in [-0.2, -0.15) is 0 Å². The molecule has 2 N–H and O–H groups in total. The van der Waals surface area contributed by atoms with Crippen LogP contribution in [-0.2, 0) is 0 Å². The van der Waals surface area contributed by atoms with Crippen molar-refractivity contribution < 1.29 is 10.2 Å². The minimum absolute atomic E-state index is 0.0854. The summed E-state index contributed by atoms with van der Waals surface area (Å²) < 4.78 is 0. The van der Waals surface area contributed by atoms with E-state index in [1.54, 1.807) is 0 Å². The third kappa shape index (κ3) is 3.01. The summed E-state index contributed by atoms with van der Waals surface area (Å²) in [6, 6.07) is 0. The van der Waals surface area contributed by atoms with Crippen LogP contribution in [-0.4, -0.2) is 22.9 Å². The first kappa shape index (κ1) is 23.1. The number of fused-ring (bicyclic) bond motifs is 5. The maximum Gasteiger partial charge on any atom is 0.0568 e. The van der Waals surface area contributed by atoms with Gasteiger partial charge in [0.05, 0.1) is 6.10 Å². The average molecular weight is 419 g/mol. The molecule has 0 aromatic carbocycles. The fourth-order valence-corrected chi connectivity index (χ4v) is 10.1. The second-order valence-corrected chi connectivity index (χ2v) is 13.2. The Morgan fingerprint density at radius 2 is 1.57 bits per heavy atom. The van der Waals surface area contributed by atoms with E-state index in [4.69, 9.17) is 0 Å². The molecule has 10 atom stereocenters. The van der Waals surface area contributed by atoms with Gasteiger partial charge in [-0.25, -0.2) is 0 Å². The summed E-state index contributed by atoms with van der Waals surface area (Å²) in [5.74, 6) is 3.40. The molecule has 0 aromatic heterocycles. The lowest BCUT2D eigenvalue weighted by atomic mass is 9.33. The highest BCUT2D eigenvalue weighted by Gasteiger charge is 2.67. The van der Waals surface area contributed by atoms with Gasteiger partial charge in [0.1, 0.15) is 0 Å². The SMILES string of the molecule is CCCCC1C2CCC3C4(C)CCC(O)C(C)C4CCC3(C)[C@]2(C)CCC1(C)CO. The van der Waals surface area contributed by atoms with E-state index < -0.39 is 0 Å². The van der Waals surface area contributed by atoms with Crippen molar-refractivity contribution in [1.82, 2.24) is 0 Å². The van der Waals surface area contributed by atoms with E-state index in [2.05, 4.69) is 41.5 Å². The highest BCUT2D eigenvalue weighted by Crippen LogP contribution is 2.74. The Bertz CT molecular complexity index is 632. The molecule has 0 saturated heterocycles. The van der Waals surface area contributed by atoms with Crippen molar-refractivity contribution >= 4 is 0 Å². The quantitative estimate of drug-likeness (QED) is 0.525. The first-order valence-corrected chi connectivity index (χ1v) is 13.4. The molecular formula is C28H50O2. The number of hydrogen-bond donors (Lipinski definition) is 2. The molecule has 4 aliphatic rings. The Balaban J connectivity index is 1.69. The van der Waals surface area contributed by atoms with Crippen LogP contribution in [0.25, 0.3) is 0 Å². The molecule has 2 heteroatoms. The first-order chi connectivity index (χ1) is 14.1. The summed E-state index contributed by atoms with van der Waals surface area (Å²) in [4.78, 5) is 0. The van der Waals surface area contributed by atoms with Gasteiger partial charge >= 0.3 is 0 Å². The molecule has 0 aliphatic heterocycles. The summed E-state index contributed by atoms with van der Waals surface area (Å²) in [6.07, 6.45) is 13.9. The molecule has 0 radical (unpaired) electrons. The first-order valence-electron chi connectivity index (χ1n) is 13.4. The maximum atomic E-state index is 10.6. The predicted molar refractivity (Wildman–Crippen MR) is 125 cm³/mol. The van der Waals surface area contributed by atoms with Gasteiger partial charge in [-0.1, -0.05) is 54.4 Å². The van der Waals surface area contributed by atoms with Gasteiger partial charge in [-0.05, 0) is 109 Å². The number of unbranched alkanes of at least 4 members (excludes halogenated alkanes) is 1. The van der Waals surface area contributed by atoms with Crippen molar-refractivity contribution in [3.05, 3.63) is 0 Å². The molecule has 30 heavy (non-hydrogen) atoms.